The van der Waals surface area contributed by atoms with E-state index < -0.39 is 23.6 Å². The molecule has 3 aromatic rings. The minimum atomic E-state index is -0.545. The molecule has 4 rings (SSSR count). The maximum atomic E-state index is 12.9. The van der Waals surface area contributed by atoms with E-state index in [9.17, 15) is 14.4 Å². The van der Waals surface area contributed by atoms with E-state index in [0.29, 0.717) is 39.7 Å². The van der Waals surface area contributed by atoms with E-state index >= 15 is 0 Å². The molecule has 1 aliphatic heterocycles. The van der Waals surface area contributed by atoms with Crippen LogP contribution in [0.2, 0.25) is 5.02 Å². The topological polar surface area (TPSA) is 84.9 Å². The van der Waals surface area contributed by atoms with Crippen LogP contribution in [-0.2, 0) is 9.59 Å². The molecule has 3 amide bonds. The van der Waals surface area contributed by atoms with Gasteiger partial charge in [-0.3, -0.25) is 19.3 Å². The number of imide groups is 1. The Kier molecular flexibility index (Phi) is 8.69. The van der Waals surface area contributed by atoms with E-state index in [-0.39, 0.29) is 4.91 Å². The summed E-state index contributed by atoms with van der Waals surface area (Å²) in [6.07, 6.45) is 1.59. The third-order valence-electron chi connectivity index (χ3n) is 4.94. The number of carbonyl (C=O) groups is 3. The lowest BCUT2D eigenvalue weighted by atomic mass is 10.2. The molecule has 0 aromatic heterocycles. The molecule has 0 atom stereocenters. The number of benzene rings is 3. The molecule has 0 radical (unpaired) electrons. The number of halogens is 2. The molecular weight excluding hydrogens is 568 g/mol. The van der Waals surface area contributed by atoms with Crippen molar-refractivity contribution in [1.82, 2.24) is 4.90 Å². The molecular formula is C26H20BrClN2O5S. The van der Waals surface area contributed by atoms with Gasteiger partial charge in [-0.25, -0.2) is 0 Å². The van der Waals surface area contributed by atoms with Crippen LogP contribution in [0.25, 0.3) is 6.08 Å². The molecule has 3 aromatic carbocycles. The summed E-state index contributed by atoms with van der Waals surface area (Å²) in [4.78, 5) is 38.9. The van der Waals surface area contributed by atoms with Gasteiger partial charge in [-0.1, -0.05) is 48.0 Å². The van der Waals surface area contributed by atoms with Gasteiger partial charge in [-0.05, 0) is 70.2 Å². The van der Waals surface area contributed by atoms with Crippen molar-refractivity contribution in [1.29, 1.82) is 0 Å². The van der Waals surface area contributed by atoms with Crippen LogP contribution in [0.3, 0.4) is 0 Å². The van der Waals surface area contributed by atoms with Crippen molar-refractivity contribution >= 4 is 68.1 Å². The van der Waals surface area contributed by atoms with Crippen molar-refractivity contribution in [2.45, 2.75) is 0 Å². The average molecular weight is 588 g/mol. The molecule has 10 heteroatoms. The number of amides is 3. The predicted octanol–water partition coefficient (Wildman–Crippen LogP) is 6.24. The van der Waals surface area contributed by atoms with E-state index in [2.05, 4.69) is 21.2 Å². The first-order chi connectivity index (χ1) is 17.4. The minimum Gasteiger partial charge on any atom is -0.490 e. The van der Waals surface area contributed by atoms with E-state index in [1.165, 1.54) is 0 Å². The summed E-state index contributed by atoms with van der Waals surface area (Å²) in [5.74, 6) is 0.233. The maximum absolute atomic E-state index is 12.9. The normalized spacial score (nSPS) is 14.3. The highest BCUT2D eigenvalue weighted by Crippen LogP contribution is 2.34. The number of anilines is 1. The molecule has 0 spiro atoms. The number of thioether (sulfide) groups is 1. The number of hydrogen-bond acceptors (Lipinski definition) is 6. The molecule has 184 valence electrons. The number of carbonyl (C=O) groups excluding carboxylic acids is 3. The Bertz CT molecular complexity index is 1320. The zero-order chi connectivity index (χ0) is 25.5. The number of para-hydroxylation sites is 2. The lowest BCUT2D eigenvalue weighted by molar-refractivity contribution is -0.127. The lowest BCUT2D eigenvalue weighted by Crippen LogP contribution is -2.36. The Morgan fingerprint density at radius 3 is 2.50 bits per heavy atom. The van der Waals surface area contributed by atoms with Gasteiger partial charge >= 0.3 is 0 Å². The van der Waals surface area contributed by atoms with Gasteiger partial charge in [0, 0.05) is 15.7 Å². The van der Waals surface area contributed by atoms with Gasteiger partial charge in [0.25, 0.3) is 11.1 Å². The molecule has 1 aliphatic rings. The van der Waals surface area contributed by atoms with E-state index in [0.717, 1.165) is 22.4 Å². The molecule has 1 saturated heterocycles. The third kappa shape index (κ3) is 6.69. The molecule has 1 N–H and O–H groups in total. The molecule has 1 heterocycles. The number of ether oxygens (including phenoxy) is 2. The van der Waals surface area contributed by atoms with Crippen LogP contribution < -0.4 is 14.8 Å². The van der Waals surface area contributed by atoms with Gasteiger partial charge < -0.3 is 14.8 Å². The molecule has 7 nitrogen and oxygen atoms in total. The Hall–Kier alpha value is -3.27. The standard InChI is InChI=1S/C26H20BrClN2O5S/c27-20-11-10-18(15-21(20)28)29-24(31)16-30-25(32)23(36-26(30)33)14-17-6-4-5-9-22(17)35-13-12-34-19-7-2-1-3-8-19/h1-11,14-15H,12-13,16H2,(H,29,31)/b23-14+. The second kappa shape index (κ2) is 12.1. The maximum Gasteiger partial charge on any atom is 0.294 e. The summed E-state index contributed by atoms with van der Waals surface area (Å²) < 4.78 is 12.2. The van der Waals surface area contributed by atoms with Crippen LogP contribution >= 0.6 is 39.3 Å². The first-order valence-electron chi connectivity index (χ1n) is 10.8. The van der Waals surface area contributed by atoms with Crippen molar-refractivity contribution in [3.05, 3.63) is 92.8 Å². The van der Waals surface area contributed by atoms with Crippen LogP contribution in [0.15, 0.2) is 82.2 Å². The first kappa shape index (κ1) is 25.8. The van der Waals surface area contributed by atoms with Crippen molar-refractivity contribution in [3.63, 3.8) is 0 Å². The highest BCUT2D eigenvalue weighted by Gasteiger charge is 2.36. The summed E-state index contributed by atoms with van der Waals surface area (Å²) in [5.41, 5.74) is 1.09. The van der Waals surface area contributed by atoms with Crippen molar-refractivity contribution in [3.8, 4) is 11.5 Å². The average Bonchev–Trinajstić information content (AvgIpc) is 3.13. The Labute approximate surface area is 225 Å². The second-order valence-electron chi connectivity index (χ2n) is 7.49. The van der Waals surface area contributed by atoms with Gasteiger partial charge in [0.2, 0.25) is 5.91 Å². The largest absolute Gasteiger partial charge is 0.490 e. The fourth-order valence-electron chi connectivity index (χ4n) is 3.25. The van der Waals surface area contributed by atoms with Gasteiger partial charge in [0.05, 0.1) is 9.93 Å². The van der Waals surface area contributed by atoms with E-state index in [1.54, 1.807) is 42.5 Å². The van der Waals surface area contributed by atoms with Crippen LogP contribution in [-0.4, -0.2) is 41.7 Å². The van der Waals surface area contributed by atoms with Gasteiger partial charge in [-0.15, -0.1) is 0 Å². The zero-order valence-electron chi connectivity index (χ0n) is 18.8. The quantitative estimate of drug-likeness (QED) is 0.236. The van der Waals surface area contributed by atoms with Gasteiger partial charge in [0.1, 0.15) is 31.3 Å². The molecule has 36 heavy (non-hydrogen) atoms. The second-order valence-corrected chi connectivity index (χ2v) is 9.75. The van der Waals surface area contributed by atoms with Crippen LogP contribution in [0, 0.1) is 0 Å². The molecule has 0 bridgehead atoms. The van der Waals surface area contributed by atoms with Crippen LogP contribution in [0.5, 0.6) is 11.5 Å². The Morgan fingerprint density at radius 2 is 1.72 bits per heavy atom. The number of rotatable bonds is 9. The third-order valence-corrected chi connectivity index (χ3v) is 7.08. The monoisotopic (exact) mass is 586 g/mol. The highest BCUT2D eigenvalue weighted by atomic mass is 79.9. The van der Waals surface area contributed by atoms with Crippen molar-refractivity contribution in [2.24, 2.45) is 0 Å². The first-order valence-corrected chi connectivity index (χ1v) is 12.8. The van der Waals surface area contributed by atoms with Crippen LogP contribution in [0.1, 0.15) is 5.56 Å². The minimum absolute atomic E-state index is 0.205. The zero-order valence-corrected chi connectivity index (χ0v) is 21.9. The van der Waals surface area contributed by atoms with Crippen molar-refractivity contribution < 1.29 is 23.9 Å². The lowest BCUT2D eigenvalue weighted by Gasteiger charge is -2.13. The Morgan fingerprint density at radius 1 is 1.00 bits per heavy atom. The summed E-state index contributed by atoms with van der Waals surface area (Å²) in [6.45, 7) is 0.222. The number of hydrogen-bond donors (Lipinski definition) is 1. The number of nitrogens with zero attached hydrogens (tertiary/aromatic N) is 1. The number of nitrogens with one attached hydrogen (secondary N) is 1. The van der Waals surface area contributed by atoms with Gasteiger partial charge in [-0.2, -0.15) is 0 Å². The van der Waals surface area contributed by atoms with E-state index in [1.807, 2.05) is 36.4 Å². The summed E-state index contributed by atoms with van der Waals surface area (Å²) >= 11 is 10.1. The summed E-state index contributed by atoms with van der Waals surface area (Å²) in [5, 5.41) is 2.54. The van der Waals surface area contributed by atoms with E-state index in [4.69, 9.17) is 21.1 Å². The Balaban J connectivity index is 1.37. The summed E-state index contributed by atoms with van der Waals surface area (Å²) in [7, 11) is 0. The highest BCUT2D eigenvalue weighted by molar-refractivity contribution is 9.10. The predicted molar refractivity (Wildman–Crippen MR) is 144 cm³/mol. The fourth-order valence-corrected chi connectivity index (χ4v) is 4.51. The molecule has 0 aliphatic carbocycles. The van der Waals surface area contributed by atoms with Crippen molar-refractivity contribution in [2.75, 3.05) is 25.1 Å². The van der Waals surface area contributed by atoms with Gasteiger partial charge in [0.15, 0.2) is 0 Å². The fraction of sp³-hybridized carbons (Fsp3) is 0.115. The molecule has 0 unspecified atom stereocenters. The molecule has 0 saturated carbocycles. The summed E-state index contributed by atoms with van der Waals surface area (Å²) in [6, 6.07) is 21.5. The van der Waals surface area contributed by atoms with Crippen LogP contribution in [0.4, 0.5) is 10.5 Å². The molecule has 1 fully saturated rings. The smallest absolute Gasteiger partial charge is 0.294 e. The SMILES string of the molecule is O=C(CN1C(=O)S/C(=C/c2ccccc2OCCOc2ccccc2)C1=O)Nc1ccc(Br)c(Cl)c1.